The van der Waals surface area contributed by atoms with Crippen molar-refractivity contribution in [2.45, 2.75) is 26.3 Å². The smallest absolute Gasteiger partial charge is 0.0795 e. The van der Waals surface area contributed by atoms with Crippen molar-refractivity contribution in [3.8, 4) is 0 Å². The molecule has 1 unspecified atom stereocenters. The van der Waals surface area contributed by atoms with E-state index in [-0.39, 0.29) is 12.6 Å². The topological polar surface area (TPSA) is 60.9 Å². The molecule has 0 radical (unpaired) electrons. The van der Waals surface area contributed by atoms with Gasteiger partial charge in [0.1, 0.15) is 0 Å². The minimum Gasteiger partial charge on any atom is -0.396 e. The van der Waals surface area contributed by atoms with Crippen molar-refractivity contribution in [3.05, 3.63) is 17.5 Å². The average Bonchev–Trinajstić information content (AvgIpc) is 2.51. The molecule has 0 aliphatic rings. The standard InChI is InChI=1S/C9H17N3O/c1-3-10-8(4-5-13)9-6-7(2)11-12-9/h6,8,10,13H,3-5H2,1-2H3,(H,11,12). The van der Waals surface area contributed by atoms with Crippen molar-refractivity contribution in [2.75, 3.05) is 13.2 Å². The molecule has 3 N–H and O–H groups in total. The highest BCUT2D eigenvalue weighted by Crippen LogP contribution is 2.14. The van der Waals surface area contributed by atoms with E-state index >= 15 is 0 Å². The van der Waals surface area contributed by atoms with Gasteiger partial charge in [-0.1, -0.05) is 6.92 Å². The molecule has 4 heteroatoms. The van der Waals surface area contributed by atoms with Crippen molar-refractivity contribution in [2.24, 2.45) is 0 Å². The molecule has 1 aromatic rings. The molecule has 1 aromatic heterocycles. The van der Waals surface area contributed by atoms with Gasteiger partial charge in [0.25, 0.3) is 0 Å². The third-order valence-corrected chi connectivity index (χ3v) is 1.95. The Morgan fingerprint density at radius 2 is 2.46 bits per heavy atom. The van der Waals surface area contributed by atoms with E-state index in [1.807, 2.05) is 19.9 Å². The van der Waals surface area contributed by atoms with Crippen LogP contribution in [0.2, 0.25) is 0 Å². The minimum absolute atomic E-state index is 0.167. The highest BCUT2D eigenvalue weighted by molar-refractivity contribution is 5.11. The molecule has 0 fully saturated rings. The van der Waals surface area contributed by atoms with Crippen LogP contribution >= 0.6 is 0 Å². The Hall–Kier alpha value is -0.870. The van der Waals surface area contributed by atoms with E-state index < -0.39 is 0 Å². The molecule has 0 aliphatic heterocycles. The summed E-state index contributed by atoms with van der Waals surface area (Å²) >= 11 is 0. The van der Waals surface area contributed by atoms with Crippen molar-refractivity contribution >= 4 is 0 Å². The fourth-order valence-corrected chi connectivity index (χ4v) is 1.35. The number of aliphatic hydroxyl groups excluding tert-OH is 1. The molecule has 1 heterocycles. The first kappa shape index (κ1) is 10.2. The normalized spacial score (nSPS) is 13.2. The van der Waals surface area contributed by atoms with Crippen LogP contribution in [-0.2, 0) is 0 Å². The number of aromatic amines is 1. The lowest BCUT2D eigenvalue weighted by Gasteiger charge is -2.13. The van der Waals surface area contributed by atoms with Crippen LogP contribution in [0.1, 0.15) is 30.8 Å². The van der Waals surface area contributed by atoms with Crippen LogP contribution in [0.3, 0.4) is 0 Å². The van der Waals surface area contributed by atoms with Gasteiger partial charge in [0, 0.05) is 12.3 Å². The Morgan fingerprint density at radius 3 is 2.92 bits per heavy atom. The first-order valence-electron chi connectivity index (χ1n) is 4.64. The number of nitrogens with one attached hydrogen (secondary N) is 2. The Labute approximate surface area is 78.4 Å². The molecule has 0 aliphatic carbocycles. The summed E-state index contributed by atoms with van der Waals surface area (Å²) in [6.07, 6.45) is 0.706. The molecule has 74 valence electrons. The maximum atomic E-state index is 8.85. The molecule has 13 heavy (non-hydrogen) atoms. The zero-order valence-corrected chi connectivity index (χ0v) is 8.17. The second-order valence-corrected chi connectivity index (χ2v) is 3.10. The van der Waals surface area contributed by atoms with Gasteiger partial charge in [-0.3, -0.25) is 5.10 Å². The third-order valence-electron chi connectivity index (χ3n) is 1.95. The second kappa shape index (κ2) is 4.99. The lowest BCUT2D eigenvalue weighted by Crippen LogP contribution is -2.22. The Kier molecular flexibility index (Phi) is 3.92. The van der Waals surface area contributed by atoms with Crippen LogP contribution in [0.15, 0.2) is 6.07 Å². The lowest BCUT2D eigenvalue weighted by atomic mass is 10.1. The Balaban J connectivity index is 2.63. The maximum Gasteiger partial charge on any atom is 0.0795 e. The molecule has 0 amide bonds. The largest absolute Gasteiger partial charge is 0.396 e. The number of aromatic nitrogens is 2. The van der Waals surface area contributed by atoms with Crippen molar-refractivity contribution in [1.82, 2.24) is 15.5 Å². The van der Waals surface area contributed by atoms with Gasteiger partial charge in [0.2, 0.25) is 0 Å². The van der Waals surface area contributed by atoms with Crippen LogP contribution in [0.25, 0.3) is 0 Å². The zero-order valence-electron chi connectivity index (χ0n) is 8.17. The Bertz CT molecular complexity index is 241. The van der Waals surface area contributed by atoms with Crippen LogP contribution in [0, 0.1) is 6.92 Å². The molecule has 1 atom stereocenters. The Morgan fingerprint density at radius 1 is 1.69 bits per heavy atom. The first-order chi connectivity index (χ1) is 6.27. The highest BCUT2D eigenvalue weighted by Gasteiger charge is 2.11. The monoisotopic (exact) mass is 183 g/mol. The summed E-state index contributed by atoms with van der Waals surface area (Å²) < 4.78 is 0. The predicted molar refractivity (Wildman–Crippen MR) is 51.4 cm³/mol. The van der Waals surface area contributed by atoms with Crippen LogP contribution < -0.4 is 5.32 Å². The van der Waals surface area contributed by atoms with Gasteiger partial charge >= 0.3 is 0 Å². The number of hydrogen-bond donors (Lipinski definition) is 3. The van der Waals surface area contributed by atoms with E-state index in [4.69, 9.17) is 5.11 Å². The zero-order chi connectivity index (χ0) is 9.68. The number of nitrogens with zero attached hydrogens (tertiary/aromatic N) is 1. The lowest BCUT2D eigenvalue weighted by molar-refractivity contribution is 0.265. The van der Waals surface area contributed by atoms with Crippen LogP contribution in [-0.4, -0.2) is 28.5 Å². The molecule has 0 saturated carbocycles. The molecule has 0 bridgehead atoms. The van der Waals surface area contributed by atoms with E-state index in [1.54, 1.807) is 0 Å². The van der Waals surface area contributed by atoms with Gasteiger partial charge in [-0.2, -0.15) is 5.10 Å². The summed E-state index contributed by atoms with van der Waals surface area (Å²) in [5, 5.41) is 19.2. The van der Waals surface area contributed by atoms with Gasteiger partial charge < -0.3 is 10.4 Å². The fraction of sp³-hybridized carbons (Fsp3) is 0.667. The second-order valence-electron chi connectivity index (χ2n) is 3.10. The highest BCUT2D eigenvalue weighted by atomic mass is 16.3. The number of aliphatic hydroxyl groups is 1. The fourth-order valence-electron chi connectivity index (χ4n) is 1.35. The van der Waals surface area contributed by atoms with E-state index in [2.05, 4.69) is 15.5 Å². The SMILES string of the molecule is CCNC(CCO)c1cc(C)[nH]n1. The summed E-state index contributed by atoms with van der Waals surface area (Å²) in [5.41, 5.74) is 2.03. The van der Waals surface area contributed by atoms with Crippen molar-refractivity contribution in [3.63, 3.8) is 0 Å². The molecule has 1 rings (SSSR count). The molecule has 0 spiro atoms. The third kappa shape index (κ3) is 2.82. The quantitative estimate of drug-likeness (QED) is 0.631. The van der Waals surface area contributed by atoms with Gasteiger partial charge in [0.15, 0.2) is 0 Å². The predicted octanol–water partition coefficient (Wildman–Crippen LogP) is 0.751. The minimum atomic E-state index is 0.167. The average molecular weight is 183 g/mol. The first-order valence-corrected chi connectivity index (χ1v) is 4.64. The van der Waals surface area contributed by atoms with E-state index in [9.17, 15) is 0 Å². The van der Waals surface area contributed by atoms with E-state index in [1.165, 1.54) is 0 Å². The molecule has 0 aromatic carbocycles. The molecular weight excluding hydrogens is 166 g/mol. The number of hydrogen-bond acceptors (Lipinski definition) is 3. The van der Waals surface area contributed by atoms with Gasteiger partial charge in [-0.25, -0.2) is 0 Å². The van der Waals surface area contributed by atoms with Crippen molar-refractivity contribution in [1.29, 1.82) is 0 Å². The summed E-state index contributed by atoms with van der Waals surface area (Å²) in [7, 11) is 0. The van der Waals surface area contributed by atoms with Crippen molar-refractivity contribution < 1.29 is 5.11 Å². The molecule has 0 saturated heterocycles. The summed E-state index contributed by atoms with van der Waals surface area (Å²) in [6, 6.07) is 2.17. The summed E-state index contributed by atoms with van der Waals surface area (Å²) in [6.45, 7) is 5.09. The van der Waals surface area contributed by atoms with E-state index in [0.29, 0.717) is 6.42 Å². The molecule has 4 nitrogen and oxygen atoms in total. The van der Waals surface area contributed by atoms with E-state index in [0.717, 1.165) is 17.9 Å². The van der Waals surface area contributed by atoms with Gasteiger partial charge in [-0.15, -0.1) is 0 Å². The van der Waals surface area contributed by atoms with Crippen LogP contribution in [0.4, 0.5) is 0 Å². The van der Waals surface area contributed by atoms with Gasteiger partial charge in [0.05, 0.1) is 11.7 Å². The van der Waals surface area contributed by atoms with Gasteiger partial charge in [-0.05, 0) is 26.0 Å². The molecular formula is C9H17N3O. The maximum absolute atomic E-state index is 8.85. The number of rotatable bonds is 5. The summed E-state index contributed by atoms with van der Waals surface area (Å²) in [5.74, 6) is 0. The number of aryl methyl sites for hydroxylation is 1. The number of H-pyrrole nitrogens is 1. The summed E-state index contributed by atoms with van der Waals surface area (Å²) in [4.78, 5) is 0. The van der Waals surface area contributed by atoms with Crippen LogP contribution in [0.5, 0.6) is 0 Å².